The highest BCUT2D eigenvalue weighted by atomic mass is 79.9. The van der Waals surface area contributed by atoms with Crippen LogP contribution in [-0.2, 0) is 0 Å². The maximum atomic E-state index is 12.6. The maximum Gasteiger partial charge on any atom is 0.254 e. The first-order valence-corrected chi connectivity index (χ1v) is 8.65. The van der Waals surface area contributed by atoms with Crippen LogP contribution in [0.3, 0.4) is 0 Å². The van der Waals surface area contributed by atoms with E-state index in [0.717, 1.165) is 49.1 Å². The van der Waals surface area contributed by atoms with Gasteiger partial charge in [0.15, 0.2) is 0 Å². The number of nitrogens with zero attached hydrogens (tertiary/aromatic N) is 2. The summed E-state index contributed by atoms with van der Waals surface area (Å²) in [6, 6.07) is 6.57. The van der Waals surface area contributed by atoms with Crippen LogP contribution >= 0.6 is 15.9 Å². The van der Waals surface area contributed by atoms with Gasteiger partial charge >= 0.3 is 0 Å². The summed E-state index contributed by atoms with van der Waals surface area (Å²) in [6.45, 7) is 10.4. The number of likely N-dealkylation sites (tertiary alicyclic amines) is 1. The van der Waals surface area contributed by atoms with Crippen molar-refractivity contribution in [1.82, 2.24) is 9.80 Å². The van der Waals surface area contributed by atoms with Gasteiger partial charge in [0.05, 0.1) is 5.56 Å². The van der Waals surface area contributed by atoms with Crippen LogP contribution in [-0.4, -0.2) is 47.9 Å². The van der Waals surface area contributed by atoms with Gasteiger partial charge in [0.2, 0.25) is 0 Å². The lowest BCUT2D eigenvalue weighted by atomic mass is 10.0. The third-order valence-corrected chi connectivity index (χ3v) is 5.09. The van der Waals surface area contributed by atoms with Crippen molar-refractivity contribution in [3.63, 3.8) is 0 Å². The van der Waals surface area contributed by atoms with Crippen LogP contribution < -0.4 is 0 Å². The average Bonchev–Trinajstić information content (AvgIpc) is 2.48. The lowest BCUT2D eigenvalue weighted by Gasteiger charge is -2.37. The molecule has 0 aromatic heterocycles. The Morgan fingerprint density at radius 2 is 1.90 bits per heavy atom. The molecule has 1 aromatic rings. The second kappa shape index (κ2) is 7.41. The van der Waals surface area contributed by atoms with Crippen LogP contribution in [0.2, 0.25) is 0 Å². The first-order valence-electron chi connectivity index (χ1n) is 7.86. The van der Waals surface area contributed by atoms with Gasteiger partial charge in [-0.15, -0.1) is 0 Å². The van der Waals surface area contributed by atoms with Gasteiger partial charge in [0, 0.05) is 23.6 Å². The lowest BCUT2D eigenvalue weighted by molar-refractivity contribution is 0.0630. The van der Waals surface area contributed by atoms with E-state index in [4.69, 9.17) is 0 Å². The Bertz CT molecular complexity index is 492. The highest BCUT2D eigenvalue weighted by molar-refractivity contribution is 9.10. The van der Waals surface area contributed by atoms with E-state index in [1.54, 1.807) is 0 Å². The van der Waals surface area contributed by atoms with Gasteiger partial charge in [-0.25, -0.2) is 0 Å². The third kappa shape index (κ3) is 3.86. The zero-order chi connectivity index (χ0) is 15.4. The van der Waals surface area contributed by atoms with Gasteiger partial charge in [-0.3, -0.25) is 4.79 Å². The zero-order valence-electron chi connectivity index (χ0n) is 13.2. The van der Waals surface area contributed by atoms with Gasteiger partial charge in [-0.2, -0.15) is 0 Å². The smallest absolute Gasteiger partial charge is 0.254 e. The van der Waals surface area contributed by atoms with Crippen LogP contribution in [0.1, 0.15) is 42.6 Å². The van der Waals surface area contributed by atoms with Crippen molar-refractivity contribution < 1.29 is 4.79 Å². The Morgan fingerprint density at radius 3 is 2.43 bits per heavy atom. The van der Waals surface area contributed by atoms with E-state index in [-0.39, 0.29) is 5.91 Å². The molecular formula is C17H25BrN2O. The fraction of sp³-hybridized carbons (Fsp3) is 0.588. The molecule has 116 valence electrons. The van der Waals surface area contributed by atoms with Crippen LogP contribution in [0.15, 0.2) is 22.7 Å². The molecule has 0 aliphatic carbocycles. The second-order valence-electron chi connectivity index (χ2n) is 5.73. The van der Waals surface area contributed by atoms with Crippen molar-refractivity contribution >= 4 is 21.8 Å². The molecule has 0 atom stereocenters. The van der Waals surface area contributed by atoms with Gasteiger partial charge in [-0.05, 0) is 66.5 Å². The van der Waals surface area contributed by atoms with Crippen molar-refractivity contribution in [2.75, 3.05) is 26.2 Å². The average molecular weight is 353 g/mol. The van der Waals surface area contributed by atoms with E-state index in [1.807, 2.05) is 30.0 Å². The summed E-state index contributed by atoms with van der Waals surface area (Å²) < 4.78 is 0.901. The standard InChI is InChI=1S/C17H25BrN2O/c1-4-19(5-2)14-8-10-20(11-9-14)17(21)15-7-6-13(3)12-16(15)18/h6-7,12,14H,4-5,8-11H2,1-3H3. The number of hydrogen-bond acceptors (Lipinski definition) is 2. The summed E-state index contributed by atoms with van der Waals surface area (Å²) in [5, 5.41) is 0. The fourth-order valence-electron chi connectivity index (χ4n) is 3.14. The van der Waals surface area contributed by atoms with Crippen molar-refractivity contribution in [1.29, 1.82) is 0 Å². The first-order chi connectivity index (χ1) is 10.1. The lowest BCUT2D eigenvalue weighted by Crippen LogP contribution is -2.46. The highest BCUT2D eigenvalue weighted by Crippen LogP contribution is 2.23. The van der Waals surface area contributed by atoms with Crippen LogP contribution in [0.4, 0.5) is 0 Å². The SMILES string of the molecule is CCN(CC)C1CCN(C(=O)c2ccc(C)cc2Br)CC1. The maximum absolute atomic E-state index is 12.6. The van der Waals surface area contributed by atoms with Crippen molar-refractivity contribution in [2.45, 2.75) is 39.7 Å². The topological polar surface area (TPSA) is 23.6 Å². The predicted molar refractivity (Wildman–Crippen MR) is 90.7 cm³/mol. The molecule has 0 bridgehead atoms. The number of benzene rings is 1. The summed E-state index contributed by atoms with van der Waals surface area (Å²) >= 11 is 3.52. The number of aryl methyl sites for hydroxylation is 1. The van der Waals surface area contributed by atoms with Gasteiger partial charge in [0.25, 0.3) is 5.91 Å². The number of carbonyl (C=O) groups excluding carboxylic acids is 1. The molecule has 2 rings (SSSR count). The molecule has 1 aliphatic heterocycles. The molecule has 0 N–H and O–H groups in total. The van der Waals surface area contributed by atoms with Gasteiger partial charge in [-0.1, -0.05) is 19.9 Å². The molecule has 0 radical (unpaired) electrons. The third-order valence-electron chi connectivity index (χ3n) is 4.44. The molecule has 1 saturated heterocycles. The predicted octanol–water partition coefficient (Wildman–Crippen LogP) is 3.70. The quantitative estimate of drug-likeness (QED) is 0.824. The number of carbonyl (C=O) groups is 1. The van der Waals surface area contributed by atoms with E-state index in [9.17, 15) is 4.79 Å². The van der Waals surface area contributed by atoms with Crippen molar-refractivity contribution in [3.05, 3.63) is 33.8 Å². The second-order valence-corrected chi connectivity index (χ2v) is 6.58. The molecule has 1 amide bonds. The normalized spacial score (nSPS) is 16.5. The molecule has 1 fully saturated rings. The first kappa shape index (κ1) is 16.5. The summed E-state index contributed by atoms with van der Waals surface area (Å²) in [5.41, 5.74) is 1.94. The monoisotopic (exact) mass is 352 g/mol. The minimum absolute atomic E-state index is 0.153. The molecule has 0 spiro atoms. The molecule has 1 aliphatic rings. The van der Waals surface area contributed by atoms with Crippen molar-refractivity contribution in [2.24, 2.45) is 0 Å². The highest BCUT2D eigenvalue weighted by Gasteiger charge is 2.26. The fourth-order valence-corrected chi connectivity index (χ4v) is 3.80. The zero-order valence-corrected chi connectivity index (χ0v) is 14.8. The Morgan fingerprint density at radius 1 is 1.29 bits per heavy atom. The molecule has 4 heteroatoms. The number of piperidine rings is 1. The van der Waals surface area contributed by atoms with Gasteiger partial charge in [0.1, 0.15) is 0 Å². The van der Waals surface area contributed by atoms with E-state index >= 15 is 0 Å². The molecule has 1 aromatic carbocycles. The Kier molecular flexibility index (Phi) is 5.82. The molecule has 1 heterocycles. The molecule has 0 saturated carbocycles. The molecule has 21 heavy (non-hydrogen) atoms. The molecule has 0 unspecified atom stereocenters. The van der Waals surface area contributed by atoms with E-state index in [0.29, 0.717) is 6.04 Å². The minimum atomic E-state index is 0.153. The largest absolute Gasteiger partial charge is 0.338 e. The van der Waals surface area contributed by atoms with Crippen LogP contribution in [0.5, 0.6) is 0 Å². The Balaban J connectivity index is 2.00. The number of rotatable bonds is 4. The van der Waals surface area contributed by atoms with Crippen molar-refractivity contribution in [3.8, 4) is 0 Å². The minimum Gasteiger partial charge on any atom is -0.338 e. The number of amides is 1. The molecular weight excluding hydrogens is 328 g/mol. The van der Waals surface area contributed by atoms with E-state index in [1.165, 1.54) is 5.56 Å². The van der Waals surface area contributed by atoms with E-state index in [2.05, 4.69) is 34.7 Å². The van der Waals surface area contributed by atoms with Crippen LogP contribution in [0.25, 0.3) is 0 Å². The summed E-state index contributed by atoms with van der Waals surface area (Å²) in [7, 11) is 0. The summed E-state index contributed by atoms with van der Waals surface area (Å²) in [4.78, 5) is 17.1. The summed E-state index contributed by atoms with van der Waals surface area (Å²) in [6.07, 6.45) is 2.16. The Labute approximate surface area is 136 Å². The summed E-state index contributed by atoms with van der Waals surface area (Å²) in [5.74, 6) is 0.153. The van der Waals surface area contributed by atoms with Crippen LogP contribution in [0, 0.1) is 6.92 Å². The number of halogens is 1. The number of hydrogen-bond donors (Lipinski definition) is 0. The van der Waals surface area contributed by atoms with E-state index < -0.39 is 0 Å². The Hall–Kier alpha value is -0.870. The van der Waals surface area contributed by atoms with Gasteiger partial charge < -0.3 is 9.80 Å². The molecule has 3 nitrogen and oxygen atoms in total.